The highest BCUT2D eigenvalue weighted by atomic mass is 32.2. The second-order valence-electron chi connectivity index (χ2n) is 7.67. The van der Waals surface area contributed by atoms with Gasteiger partial charge < -0.3 is 0 Å². The van der Waals surface area contributed by atoms with Crippen molar-refractivity contribution >= 4 is 28.0 Å². The number of hydrogen-bond acceptors (Lipinski definition) is 7. The van der Waals surface area contributed by atoms with Crippen LogP contribution in [-0.4, -0.2) is 51.7 Å². The Balaban J connectivity index is 1.85. The van der Waals surface area contributed by atoms with Crippen molar-refractivity contribution in [2.75, 3.05) is 12.4 Å². The Morgan fingerprint density at radius 3 is 2.71 bits per heavy atom. The number of alkyl halides is 3. The predicted molar refractivity (Wildman–Crippen MR) is 115 cm³/mol. The molecule has 0 spiro atoms. The second-order valence-corrected chi connectivity index (χ2v) is 9.32. The van der Waals surface area contributed by atoms with Gasteiger partial charge >= 0.3 is 6.18 Å². The standard InChI is InChI=1S/C20H20F3N7O3S/c1-4-34(32)19-15(16-25-14-9-12(20(21,22)23)6-8-29(14)26-16)17-24-7-5-13(30(17)27-19)18(31)28-33-10-11(2)3/h5-9,11H,4,10H2,1-3H3,(H,28,31). The fourth-order valence-corrected chi connectivity index (χ4v) is 3.94. The van der Waals surface area contributed by atoms with E-state index in [2.05, 4.69) is 25.6 Å². The van der Waals surface area contributed by atoms with Crippen molar-refractivity contribution in [2.45, 2.75) is 32.0 Å². The number of pyridine rings is 1. The smallest absolute Gasteiger partial charge is 0.273 e. The number of rotatable bonds is 7. The molecule has 1 amide bonds. The summed E-state index contributed by atoms with van der Waals surface area (Å²) < 4.78 is 54.5. The molecule has 10 nitrogen and oxygen atoms in total. The lowest BCUT2D eigenvalue weighted by molar-refractivity contribution is -0.137. The summed E-state index contributed by atoms with van der Waals surface area (Å²) in [4.78, 5) is 26.3. The number of fused-ring (bicyclic) bond motifs is 2. The summed E-state index contributed by atoms with van der Waals surface area (Å²) in [6, 6.07) is 3.14. The molecule has 0 aromatic carbocycles. The van der Waals surface area contributed by atoms with E-state index >= 15 is 0 Å². The van der Waals surface area contributed by atoms with Gasteiger partial charge in [-0.3, -0.25) is 13.8 Å². The second kappa shape index (κ2) is 9.10. The van der Waals surface area contributed by atoms with Crippen LogP contribution in [0.4, 0.5) is 13.2 Å². The first-order chi connectivity index (χ1) is 16.1. The van der Waals surface area contributed by atoms with Crippen molar-refractivity contribution in [2.24, 2.45) is 5.92 Å². The Morgan fingerprint density at radius 2 is 2.03 bits per heavy atom. The summed E-state index contributed by atoms with van der Waals surface area (Å²) >= 11 is 0. The molecule has 0 saturated heterocycles. The lowest BCUT2D eigenvalue weighted by atomic mass is 10.2. The number of hydroxylamine groups is 1. The minimum Gasteiger partial charge on any atom is -0.273 e. The van der Waals surface area contributed by atoms with E-state index in [1.54, 1.807) is 6.92 Å². The van der Waals surface area contributed by atoms with Crippen LogP contribution >= 0.6 is 0 Å². The first-order valence-corrected chi connectivity index (χ1v) is 11.5. The highest BCUT2D eigenvalue weighted by molar-refractivity contribution is 7.85. The van der Waals surface area contributed by atoms with Gasteiger partial charge in [0.2, 0.25) is 0 Å². The van der Waals surface area contributed by atoms with E-state index in [1.165, 1.54) is 21.3 Å². The fourth-order valence-electron chi connectivity index (χ4n) is 3.08. The number of hydrogen-bond donors (Lipinski definition) is 1. The molecular weight excluding hydrogens is 475 g/mol. The Morgan fingerprint density at radius 1 is 1.26 bits per heavy atom. The first kappa shape index (κ1) is 23.8. The van der Waals surface area contributed by atoms with E-state index in [4.69, 9.17) is 4.84 Å². The lowest BCUT2D eigenvalue weighted by Crippen LogP contribution is -2.27. The van der Waals surface area contributed by atoms with E-state index in [0.717, 1.165) is 18.3 Å². The highest BCUT2D eigenvalue weighted by Crippen LogP contribution is 2.31. The molecule has 0 aliphatic rings. The first-order valence-electron chi connectivity index (χ1n) is 10.2. The Kier molecular flexibility index (Phi) is 6.36. The maximum absolute atomic E-state index is 13.1. The summed E-state index contributed by atoms with van der Waals surface area (Å²) in [5.74, 6) is -0.241. The van der Waals surface area contributed by atoms with E-state index in [0.29, 0.717) is 6.61 Å². The maximum atomic E-state index is 13.1. The van der Waals surface area contributed by atoms with Crippen molar-refractivity contribution < 1.29 is 27.0 Å². The molecule has 0 aliphatic heterocycles. The monoisotopic (exact) mass is 495 g/mol. The van der Waals surface area contributed by atoms with Gasteiger partial charge in [0.15, 0.2) is 22.1 Å². The highest BCUT2D eigenvalue weighted by Gasteiger charge is 2.31. The van der Waals surface area contributed by atoms with Crippen molar-refractivity contribution in [3.63, 3.8) is 0 Å². The maximum Gasteiger partial charge on any atom is 0.416 e. The Bertz CT molecular complexity index is 1400. The SMILES string of the molecule is CCS(=O)c1nn2c(C(=O)NOCC(C)C)ccnc2c1-c1nc2cc(C(F)(F)F)ccn2n1. The quantitative estimate of drug-likeness (QED) is 0.392. The van der Waals surface area contributed by atoms with Gasteiger partial charge in [-0.1, -0.05) is 20.8 Å². The average Bonchev–Trinajstić information content (AvgIpc) is 3.37. The van der Waals surface area contributed by atoms with Gasteiger partial charge in [-0.15, -0.1) is 5.10 Å². The molecule has 4 aromatic rings. The van der Waals surface area contributed by atoms with E-state index in [1.807, 2.05) is 13.8 Å². The number of nitrogens with zero attached hydrogens (tertiary/aromatic N) is 6. The lowest BCUT2D eigenvalue weighted by Gasteiger charge is -2.08. The van der Waals surface area contributed by atoms with Crippen LogP contribution in [0.2, 0.25) is 0 Å². The van der Waals surface area contributed by atoms with Gasteiger partial charge in [0.25, 0.3) is 5.91 Å². The third kappa shape index (κ3) is 4.50. The molecule has 14 heteroatoms. The van der Waals surface area contributed by atoms with Gasteiger partial charge in [-0.05, 0) is 24.1 Å². The van der Waals surface area contributed by atoms with Crippen LogP contribution in [0.3, 0.4) is 0 Å². The summed E-state index contributed by atoms with van der Waals surface area (Å²) in [6.45, 7) is 5.81. The van der Waals surface area contributed by atoms with Crippen LogP contribution < -0.4 is 5.48 Å². The summed E-state index contributed by atoms with van der Waals surface area (Å²) in [5.41, 5.74) is 1.73. The molecule has 4 rings (SSSR count). The minimum absolute atomic E-state index is 0.0211. The number of carbonyl (C=O) groups is 1. The van der Waals surface area contributed by atoms with Crippen molar-refractivity contribution in [1.29, 1.82) is 0 Å². The normalized spacial score (nSPS) is 13.1. The average molecular weight is 495 g/mol. The molecule has 0 radical (unpaired) electrons. The minimum atomic E-state index is -4.55. The molecule has 34 heavy (non-hydrogen) atoms. The Hall–Kier alpha value is -3.39. The number of aromatic nitrogens is 6. The number of amides is 1. The molecule has 1 atom stereocenters. The summed E-state index contributed by atoms with van der Waals surface area (Å²) in [7, 11) is -1.61. The van der Waals surface area contributed by atoms with Crippen LogP contribution in [0, 0.1) is 5.92 Å². The predicted octanol–water partition coefficient (Wildman–Crippen LogP) is 2.90. The van der Waals surface area contributed by atoms with Crippen LogP contribution in [0.15, 0.2) is 35.6 Å². The molecule has 1 unspecified atom stereocenters. The zero-order chi connectivity index (χ0) is 24.6. The molecule has 0 fully saturated rings. The number of halogens is 3. The topological polar surface area (TPSA) is 116 Å². The Labute approximate surface area is 193 Å². The summed E-state index contributed by atoms with van der Waals surface area (Å²) in [6.07, 6.45) is -2.06. The van der Waals surface area contributed by atoms with E-state index in [9.17, 15) is 22.2 Å². The number of nitrogens with one attached hydrogen (secondary N) is 1. The largest absolute Gasteiger partial charge is 0.416 e. The fraction of sp³-hybridized carbons (Fsp3) is 0.350. The molecular formula is C20H20F3N7O3S. The molecule has 0 bridgehead atoms. The van der Waals surface area contributed by atoms with E-state index in [-0.39, 0.29) is 45.1 Å². The van der Waals surface area contributed by atoms with Gasteiger partial charge in [0.05, 0.1) is 23.0 Å². The summed E-state index contributed by atoms with van der Waals surface area (Å²) in [5, 5.41) is 8.61. The number of carbonyl (C=O) groups excluding carboxylic acids is 1. The molecule has 4 heterocycles. The van der Waals surface area contributed by atoms with Gasteiger partial charge in [0, 0.05) is 18.1 Å². The molecule has 4 aromatic heterocycles. The van der Waals surface area contributed by atoms with E-state index < -0.39 is 28.4 Å². The van der Waals surface area contributed by atoms with Crippen molar-refractivity contribution in [3.8, 4) is 11.4 Å². The molecule has 180 valence electrons. The van der Waals surface area contributed by atoms with Crippen LogP contribution in [0.25, 0.3) is 22.7 Å². The molecule has 1 N–H and O–H groups in total. The van der Waals surface area contributed by atoms with Gasteiger partial charge in [0.1, 0.15) is 11.3 Å². The third-order valence-electron chi connectivity index (χ3n) is 4.67. The third-order valence-corrected chi connectivity index (χ3v) is 5.91. The van der Waals surface area contributed by atoms with Gasteiger partial charge in [-0.2, -0.15) is 18.3 Å². The van der Waals surface area contributed by atoms with Gasteiger partial charge in [-0.25, -0.2) is 24.5 Å². The zero-order valence-electron chi connectivity index (χ0n) is 18.3. The van der Waals surface area contributed by atoms with Crippen LogP contribution in [-0.2, 0) is 21.8 Å². The van der Waals surface area contributed by atoms with Crippen molar-refractivity contribution in [3.05, 3.63) is 41.9 Å². The molecule has 0 aliphatic carbocycles. The zero-order valence-corrected chi connectivity index (χ0v) is 19.1. The van der Waals surface area contributed by atoms with Crippen molar-refractivity contribution in [1.82, 2.24) is 34.7 Å². The molecule has 0 saturated carbocycles. The van der Waals surface area contributed by atoms with Crippen LogP contribution in [0.1, 0.15) is 36.8 Å². The van der Waals surface area contributed by atoms with Crippen LogP contribution in [0.5, 0.6) is 0 Å².